The van der Waals surface area contributed by atoms with Gasteiger partial charge in [0.25, 0.3) is 0 Å². The first-order valence-corrected chi connectivity index (χ1v) is 8.22. The third-order valence-corrected chi connectivity index (χ3v) is 4.59. The quantitative estimate of drug-likeness (QED) is 0.752. The number of ether oxygens (including phenoxy) is 2. The molecule has 4 unspecified atom stereocenters. The molecule has 2 rings (SSSR count). The van der Waals surface area contributed by atoms with Gasteiger partial charge in [0.1, 0.15) is 0 Å². The van der Waals surface area contributed by atoms with Crippen LogP contribution in [0.1, 0.15) is 52.4 Å². The van der Waals surface area contributed by atoms with Gasteiger partial charge in [-0.15, -0.1) is 0 Å². The van der Waals surface area contributed by atoms with Crippen LogP contribution >= 0.6 is 0 Å². The largest absolute Gasteiger partial charge is 0.389 e. The number of hydrogen-bond acceptors (Lipinski definition) is 4. The minimum Gasteiger partial charge on any atom is -0.389 e. The van der Waals surface area contributed by atoms with Gasteiger partial charge in [0.15, 0.2) is 0 Å². The zero-order valence-electron chi connectivity index (χ0n) is 13.1. The molecule has 1 saturated heterocycles. The van der Waals surface area contributed by atoms with E-state index in [1.54, 1.807) is 0 Å². The molecule has 1 saturated carbocycles. The van der Waals surface area contributed by atoms with Gasteiger partial charge in [0.2, 0.25) is 0 Å². The number of aliphatic hydroxyl groups is 1. The summed E-state index contributed by atoms with van der Waals surface area (Å²) in [6.07, 6.45) is 7.05. The second-order valence-electron chi connectivity index (χ2n) is 6.91. The predicted molar refractivity (Wildman–Crippen MR) is 79.8 cm³/mol. The Hall–Kier alpha value is -0.160. The topological polar surface area (TPSA) is 50.7 Å². The average molecular weight is 285 g/mol. The molecule has 20 heavy (non-hydrogen) atoms. The van der Waals surface area contributed by atoms with Crippen molar-refractivity contribution in [2.24, 2.45) is 5.92 Å². The van der Waals surface area contributed by atoms with Crippen LogP contribution in [0.4, 0.5) is 0 Å². The fourth-order valence-corrected chi connectivity index (χ4v) is 3.32. The summed E-state index contributed by atoms with van der Waals surface area (Å²) in [6.45, 7) is 7.13. The van der Waals surface area contributed by atoms with E-state index in [0.29, 0.717) is 19.3 Å². The Labute approximate surface area is 123 Å². The van der Waals surface area contributed by atoms with Gasteiger partial charge in [-0.25, -0.2) is 0 Å². The summed E-state index contributed by atoms with van der Waals surface area (Å²) >= 11 is 0. The summed E-state index contributed by atoms with van der Waals surface area (Å²) in [5, 5.41) is 13.3. The third-order valence-electron chi connectivity index (χ3n) is 4.59. The molecular formula is C16H31NO3. The highest BCUT2D eigenvalue weighted by Crippen LogP contribution is 2.26. The maximum atomic E-state index is 9.98. The summed E-state index contributed by atoms with van der Waals surface area (Å²) in [7, 11) is 0. The second-order valence-corrected chi connectivity index (χ2v) is 6.91. The molecule has 0 aromatic carbocycles. The van der Waals surface area contributed by atoms with Crippen LogP contribution in [-0.4, -0.2) is 49.2 Å². The van der Waals surface area contributed by atoms with E-state index in [2.05, 4.69) is 19.2 Å². The molecule has 1 aliphatic carbocycles. The zero-order valence-corrected chi connectivity index (χ0v) is 13.1. The molecule has 2 fully saturated rings. The van der Waals surface area contributed by atoms with Crippen molar-refractivity contribution < 1.29 is 14.6 Å². The highest BCUT2D eigenvalue weighted by Gasteiger charge is 2.29. The van der Waals surface area contributed by atoms with E-state index < -0.39 is 6.10 Å². The first-order valence-electron chi connectivity index (χ1n) is 8.22. The average Bonchev–Trinajstić information content (AvgIpc) is 2.83. The van der Waals surface area contributed by atoms with E-state index >= 15 is 0 Å². The third kappa shape index (κ3) is 5.32. The molecule has 1 aliphatic heterocycles. The molecule has 0 bridgehead atoms. The summed E-state index contributed by atoms with van der Waals surface area (Å²) < 4.78 is 11.6. The number of rotatable bonds is 7. The van der Waals surface area contributed by atoms with Crippen LogP contribution in [0, 0.1) is 5.92 Å². The molecule has 0 spiro atoms. The maximum absolute atomic E-state index is 9.98. The van der Waals surface area contributed by atoms with Crippen molar-refractivity contribution in [3.05, 3.63) is 0 Å². The van der Waals surface area contributed by atoms with Gasteiger partial charge in [0.05, 0.1) is 24.4 Å². The zero-order chi connectivity index (χ0) is 14.4. The predicted octanol–water partition coefficient (Wildman–Crippen LogP) is 2.10. The smallest absolute Gasteiger partial charge is 0.0897 e. The Balaban J connectivity index is 1.54. The lowest BCUT2D eigenvalue weighted by atomic mass is 9.89. The number of aliphatic hydroxyl groups excluding tert-OH is 1. The SMILES string of the molecule is CC1CCCC(OCC(O)CNCC2(C)CCCO2)C1. The van der Waals surface area contributed by atoms with Crippen molar-refractivity contribution >= 4 is 0 Å². The van der Waals surface area contributed by atoms with Crippen LogP contribution in [0.3, 0.4) is 0 Å². The maximum Gasteiger partial charge on any atom is 0.0897 e. The molecule has 0 amide bonds. The van der Waals surface area contributed by atoms with E-state index in [9.17, 15) is 5.11 Å². The van der Waals surface area contributed by atoms with Crippen LogP contribution in [0.15, 0.2) is 0 Å². The molecule has 0 aromatic rings. The molecular weight excluding hydrogens is 254 g/mol. The van der Waals surface area contributed by atoms with Crippen LogP contribution in [0.5, 0.6) is 0 Å². The van der Waals surface area contributed by atoms with Gasteiger partial charge >= 0.3 is 0 Å². The van der Waals surface area contributed by atoms with Crippen LogP contribution < -0.4 is 5.32 Å². The Bertz CT molecular complexity index is 279. The minimum absolute atomic E-state index is 0.0423. The lowest BCUT2D eigenvalue weighted by Gasteiger charge is -2.28. The van der Waals surface area contributed by atoms with Crippen molar-refractivity contribution in [3.63, 3.8) is 0 Å². The molecule has 2 N–H and O–H groups in total. The first kappa shape index (κ1) is 16.2. The molecule has 4 atom stereocenters. The van der Waals surface area contributed by atoms with Gasteiger partial charge in [-0.3, -0.25) is 0 Å². The van der Waals surface area contributed by atoms with Gasteiger partial charge in [-0.1, -0.05) is 19.8 Å². The summed E-state index contributed by atoms with van der Waals surface area (Å²) in [6, 6.07) is 0. The summed E-state index contributed by atoms with van der Waals surface area (Å²) in [5.74, 6) is 0.767. The number of hydrogen-bond donors (Lipinski definition) is 2. The molecule has 2 aliphatic rings. The van der Waals surface area contributed by atoms with Gasteiger partial charge in [-0.2, -0.15) is 0 Å². The molecule has 0 aromatic heterocycles. The van der Waals surface area contributed by atoms with Crippen molar-refractivity contribution in [2.75, 3.05) is 26.3 Å². The highest BCUT2D eigenvalue weighted by atomic mass is 16.5. The Morgan fingerprint density at radius 1 is 1.40 bits per heavy atom. The normalized spacial score (nSPS) is 36.1. The van der Waals surface area contributed by atoms with E-state index in [1.165, 1.54) is 12.8 Å². The molecule has 1 heterocycles. The summed E-state index contributed by atoms with van der Waals surface area (Å²) in [4.78, 5) is 0. The van der Waals surface area contributed by atoms with Crippen molar-refractivity contribution in [3.8, 4) is 0 Å². The number of nitrogens with one attached hydrogen (secondary N) is 1. The molecule has 118 valence electrons. The highest BCUT2D eigenvalue weighted by molar-refractivity contribution is 4.82. The van der Waals surface area contributed by atoms with Gasteiger partial charge in [-0.05, 0) is 38.5 Å². The molecule has 4 nitrogen and oxygen atoms in total. The van der Waals surface area contributed by atoms with Crippen LogP contribution in [-0.2, 0) is 9.47 Å². The summed E-state index contributed by atoms with van der Waals surface area (Å²) in [5.41, 5.74) is -0.0423. The van der Waals surface area contributed by atoms with Crippen LogP contribution in [0.2, 0.25) is 0 Å². The van der Waals surface area contributed by atoms with E-state index in [4.69, 9.17) is 9.47 Å². The molecule has 0 radical (unpaired) electrons. The fourth-order valence-electron chi connectivity index (χ4n) is 3.32. The van der Waals surface area contributed by atoms with Crippen LogP contribution in [0.25, 0.3) is 0 Å². The lowest BCUT2D eigenvalue weighted by molar-refractivity contribution is -0.0331. The monoisotopic (exact) mass is 285 g/mol. The lowest BCUT2D eigenvalue weighted by Crippen LogP contribution is -2.41. The minimum atomic E-state index is -0.419. The second kappa shape index (κ2) is 7.74. The molecule has 4 heteroatoms. The van der Waals surface area contributed by atoms with Gasteiger partial charge < -0.3 is 19.9 Å². The van der Waals surface area contributed by atoms with Crippen molar-refractivity contribution in [1.29, 1.82) is 0 Å². The van der Waals surface area contributed by atoms with Crippen molar-refractivity contribution in [1.82, 2.24) is 5.32 Å². The fraction of sp³-hybridized carbons (Fsp3) is 1.00. The Kier molecular flexibility index (Phi) is 6.27. The van der Waals surface area contributed by atoms with E-state index in [0.717, 1.165) is 44.8 Å². The van der Waals surface area contributed by atoms with E-state index in [-0.39, 0.29) is 5.60 Å². The Morgan fingerprint density at radius 2 is 2.25 bits per heavy atom. The standard InChI is InChI=1S/C16H31NO3/c1-13-5-3-6-15(9-13)19-11-14(18)10-17-12-16(2)7-4-8-20-16/h13-15,17-18H,3-12H2,1-2H3. The Morgan fingerprint density at radius 3 is 2.95 bits per heavy atom. The van der Waals surface area contributed by atoms with Gasteiger partial charge in [0, 0.05) is 19.7 Å². The van der Waals surface area contributed by atoms with E-state index in [1.807, 2.05) is 0 Å². The first-order chi connectivity index (χ1) is 9.57. The van der Waals surface area contributed by atoms with Crippen molar-refractivity contribution in [2.45, 2.75) is 70.2 Å².